The second kappa shape index (κ2) is 7.99. The lowest BCUT2D eigenvalue weighted by Gasteiger charge is -2.20. The first-order valence-corrected chi connectivity index (χ1v) is 9.72. The number of rotatable bonds is 5. The monoisotopic (exact) mass is 393 g/mol. The Morgan fingerprint density at radius 1 is 1.14 bits per heavy atom. The number of fused-ring (bicyclic) bond motifs is 3. The average Bonchev–Trinajstić information content (AvgIpc) is 3.11. The molecule has 150 valence electrons. The summed E-state index contributed by atoms with van der Waals surface area (Å²) >= 11 is 0. The highest BCUT2D eigenvalue weighted by molar-refractivity contribution is 6.08. The number of carbonyl (C=O) groups excluding carboxylic acids is 2. The van der Waals surface area contributed by atoms with Crippen LogP contribution in [0, 0.1) is 5.92 Å². The van der Waals surface area contributed by atoms with Gasteiger partial charge in [0.15, 0.2) is 6.10 Å². The second-order valence-corrected chi connectivity index (χ2v) is 7.20. The number of anilines is 1. The highest BCUT2D eigenvalue weighted by Gasteiger charge is 2.25. The van der Waals surface area contributed by atoms with Gasteiger partial charge >= 0.3 is 5.97 Å². The molecule has 6 nitrogen and oxygen atoms in total. The molecule has 0 unspecified atom stereocenters. The Hall–Kier alpha value is -3.28. The van der Waals surface area contributed by atoms with Gasteiger partial charge in [-0.1, -0.05) is 30.4 Å². The van der Waals surface area contributed by atoms with E-state index < -0.39 is 12.0 Å². The fourth-order valence-electron chi connectivity index (χ4n) is 3.58. The van der Waals surface area contributed by atoms with Crippen LogP contribution in [0.1, 0.15) is 26.2 Å². The van der Waals surface area contributed by atoms with Crippen molar-refractivity contribution in [2.75, 3.05) is 12.4 Å². The molecule has 1 aliphatic rings. The van der Waals surface area contributed by atoms with Crippen LogP contribution in [0.4, 0.5) is 5.69 Å². The van der Waals surface area contributed by atoms with Gasteiger partial charge in [-0.05, 0) is 38.3 Å². The van der Waals surface area contributed by atoms with Crippen molar-refractivity contribution in [1.82, 2.24) is 0 Å². The van der Waals surface area contributed by atoms with Gasteiger partial charge in [-0.3, -0.25) is 9.59 Å². The summed E-state index contributed by atoms with van der Waals surface area (Å²) in [6, 6.07) is 11.3. The first-order chi connectivity index (χ1) is 14.1. The Kier molecular flexibility index (Phi) is 5.25. The summed E-state index contributed by atoms with van der Waals surface area (Å²) in [5.41, 5.74) is 1.87. The van der Waals surface area contributed by atoms with E-state index in [1.54, 1.807) is 20.1 Å². The second-order valence-electron chi connectivity index (χ2n) is 7.20. The van der Waals surface area contributed by atoms with E-state index in [4.69, 9.17) is 13.9 Å². The molecule has 0 saturated heterocycles. The summed E-state index contributed by atoms with van der Waals surface area (Å²) in [6.07, 6.45) is 5.39. The number of benzene rings is 2. The molecule has 1 aliphatic carbocycles. The molecule has 0 fully saturated rings. The van der Waals surface area contributed by atoms with Crippen LogP contribution in [0.3, 0.4) is 0 Å². The van der Waals surface area contributed by atoms with Gasteiger partial charge in [0, 0.05) is 16.8 Å². The van der Waals surface area contributed by atoms with Crippen LogP contribution in [-0.4, -0.2) is 25.1 Å². The van der Waals surface area contributed by atoms with Crippen molar-refractivity contribution in [3.05, 3.63) is 48.6 Å². The van der Waals surface area contributed by atoms with E-state index in [0.717, 1.165) is 29.2 Å². The third-order valence-electron chi connectivity index (χ3n) is 5.22. The molecule has 0 spiro atoms. The summed E-state index contributed by atoms with van der Waals surface area (Å²) in [4.78, 5) is 24.9. The van der Waals surface area contributed by atoms with Crippen molar-refractivity contribution in [3.8, 4) is 5.75 Å². The van der Waals surface area contributed by atoms with E-state index >= 15 is 0 Å². The molecule has 0 radical (unpaired) electrons. The topological polar surface area (TPSA) is 77.8 Å². The maximum atomic E-state index is 12.6. The third-order valence-corrected chi connectivity index (χ3v) is 5.22. The normalized spacial score (nSPS) is 17.2. The molecular formula is C23H23NO5. The molecule has 6 heteroatoms. The number of para-hydroxylation sites is 1. The SMILES string of the molecule is COc1cc2c(cc1NC(=O)[C@H](C)OC(=O)[C@@H]1CC=CCC1)oc1ccccc12. The van der Waals surface area contributed by atoms with Gasteiger partial charge in [0.2, 0.25) is 0 Å². The molecule has 29 heavy (non-hydrogen) atoms. The number of furan rings is 1. The molecule has 0 bridgehead atoms. The number of hydrogen-bond acceptors (Lipinski definition) is 5. The van der Waals surface area contributed by atoms with Gasteiger partial charge in [0.05, 0.1) is 18.7 Å². The lowest BCUT2D eigenvalue weighted by atomic mass is 9.95. The fourth-order valence-corrected chi connectivity index (χ4v) is 3.58. The minimum atomic E-state index is -0.913. The molecule has 2 atom stereocenters. The van der Waals surface area contributed by atoms with Crippen molar-refractivity contribution >= 4 is 39.5 Å². The predicted molar refractivity (Wildman–Crippen MR) is 111 cm³/mol. The van der Waals surface area contributed by atoms with Crippen molar-refractivity contribution in [2.45, 2.75) is 32.3 Å². The summed E-state index contributed by atoms with van der Waals surface area (Å²) in [5, 5.41) is 4.67. The minimum absolute atomic E-state index is 0.184. The van der Waals surface area contributed by atoms with Crippen LogP contribution < -0.4 is 10.1 Å². The average molecular weight is 393 g/mol. The van der Waals surface area contributed by atoms with E-state index in [2.05, 4.69) is 11.4 Å². The van der Waals surface area contributed by atoms with Crippen molar-refractivity contribution < 1.29 is 23.5 Å². The zero-order valence-corrected chi connectivity index (χ0v) is 16.4. The largest absolute Gasteiger partial charge is 0.495 e. The Labute approximate surface area is 168 Å². The number of nitrogens with one attached hydrogen (secondary N) is 1. The highest BCUT2D eigenvalue weighted by Crippen LogP contribution is 2.36. The molecule has 2 aromatic carbocycles. The van der Waals surface area contributed by atoms with E-state index in [-0.39, 0.29) is 11.9 Å². The molecule has 4 rings (SSSR count). The molecule has 3 aromatic rings. The standard InChI is InChI=1S/C23H23NO5/c1-14(28-23(26)15-8-4-3-5-9-15)22(25)24-18-13-20-17(12-21(18)27-2)16-10-6-7-11-19(16)29-20/h3-4,6-7,10-15H,5,8-9H2,1-2H3,(H,24,25)/t14-,15+/m0/s1. The van der Waals surface area contributed by atoms with E-state index in [1.807, 2.05) is 36.4 Å². The highest BCUT2D eigenvalue weighted by atomic mass is 16.5. The molecular weight excluding hydrogens is 370 g/mol. The first kappa shape index (κ1) is 19.1. The summed E-state index contributed by atoms with van der Waals surface area (Å²) in [6.45, 7) is 1.57. The van der Waals surface area contributed by atoms with Crippen LogP contribution in [0.5, 0.6) is 5.75 Å². The smallest absolute Gasteiger partial charge is 0.310 e. The number of methoxy groups -OCH3 is 1. The van der Waals surface area contributed by atoms with Gasteiger partial charge in [0.1, 0.15) is 16.9 Å². The Balaban J connectivity index is 1.53. The first-order valence-electron chi connectivity index (χ1n) is 9.72. The van der Waals surface area contributed by atoms with Crippen molar-refractivity contribution in [2.24, 2.45) is 5.92 Å². The molecule has 1 aromatic heterocycles. The summed E-state index contributed by atoms with van der Waals surface area (Å²) < 4.78 is 16.7. The van der Waals surface area contributed by atoms with Gasteiger partial charge < -0.3 is 19.2 Å². The number of carbonyl (C=O) groups is 2. The number of esters is 1. The summed E-state index contributed by atoms with van der Waals surface area (Å²) in [5.74, 6) is -0.430. The van der Waals surface area contributed by atoms with Gasteiger partial charge in [-0.2, -0.15) is 0 Å². The van der Waals surface area contributed by atoms with Crippen molar-refractivity contribution in [1.29, 1.82) is 0 Å². The van der Waals surface area contributed by atoms with Gasteiger partial charge in [-0.25, -0.2) is 0 Å². The van der Waals surface area contributed by atoms with Crippen LogP contribution in [-0.2, 0) is 14.3 Å². The summed E-state index contributed by atoms with van der Waals surface area (Å²) in [7, 11) is 1.54. The molecule has 1 amide bonds. The zero-order chi connectivity index (χ0) is 20.4. The fraction of sp³-hybridized carbons (Fsp3) is 0.304. The maximum absolute atomic E-state index is 12.6. The quantitative estimate of drug-likeness (QED) is 0.497. The number of amides is 1. The van der Waals surface area contributed by atoms with Crippen LogP contribution in [0.25, 0.3) is 21.9 Å². The minimum Gasteiger partial charge on any atom is -0.495 e. The van der Waals surface area contributed by atoms with Crippen LogP contribution >= 0.6 is 0 Å². The van der Waals surface area contributed by atoms with E-state index in [1.165, 1.54) is 0 Å². The van der Waals surface area contributed by atoms with Crippen molar-refractivity contribution in [3.63, 3.8) is 0 Å². The molecule has 1 N–H and O–H groups in total. The lowest BCUT2D eigenvalue weighted by Crippen LogP contribution is -2.32. The Morgan fingerprint density at radius 2 is 1.97 bits per heavy atom. The zero-order valence-electron chi connectivity index (χ0n) is 16.4. The number of ether oxygens (including phenoxy) is 2. The third kappa shape index (κ3) is 3.83. The lowest BCUT2D eigenvalue weighted by molar-refractivity contribution is -0.157. The molecule has 1 heterocycles. The van der Waals surface area contributed by atoms with E-state index in [9.17, 15) is 9.59 Å². The molecule has 0 aliphatic heterocycles. The van der Waals surface area contributed by atoms with Crippen LogP contribution in [0.15, 0.2) is 53.0 Å². The number of allylic oxidation sites excluding steroid dienone is 2. The maximum Gasteiger partial charge on any atom is 0.310 e. The van der Waals surface area contributed by atoms with Gasteiger partial charge in [-0.15, -0.1) is 0 Å². The Morgan fingerprint density at radius 3 is 2.72 bits per heavy atom. The molecule has 0 saturated carbocycles. The van der Waals surface area contributed by atoms with Gasteiger partial charge in [0.25, 0.3) is 5.91 Å². The number of hydrogen-bond donors (Lipinski definition) is 1. The van der Waals surface area contributed by atoms with Crippen LogP contribution in [0.2, 0.25) is 0 Å². The van der Waals surface area contributed by atoms with E-state index in [0.29, 0.717) is 23.4 Å². The Bertz CT molecular complexity index is 1100. The predicted octanol–water partition coefficient (Wildman–Crippen LogP) is 4.82.